The normalized spacial score (nSPS) is 18.2. The monoisotopic (exact) mass is 345 g/mol. The third-order valence-corrected chi connectivity index (χ3v) is 4.53. The zero-order valence-electron chi connectivity index (χ0n) is 14.5. The molecule has 0 heterocycles. The Bertz CT molecular complexity index is 894. The minimum atomic E-state index is 0.229. The van der Waals surface area contributed by atoms with Gasteiger partial charge < -0.3 is 16.2 Å². The highest BCUT2D eigenvalue weighted by atomic mass is 14.4. The van der Waals surface area contributed by atoms with Crippen molar-refractivity contribution >= 4 is 33.9 Å². The molecule has 3 nitrogen and oxygen atoms in total. The number of benzene rings is 1. The van der Waals surface area contributed by atoms with Crippen molar-refractivity contribution in [3.8, 4) is 0 Å². The van der Waals surface area contributed by atoms with Crippen LogP contribution in [-0.4, -0.2) is 17.1 Å². The van der Waals surface area contributed by atoms with Crippen LogP contribution < -0.4 is 0 Å². The molecule has 1 aromatic rings. The lowest BCUT2D eigenvalue weighted by Gasteiger charge is -2.11. The number of rotatable bonds is 3. The molecule has 126 valence electrons. The van der Waals surface area contributed by atoms with Crippen molar-refractivity contribution in [2.45, 2.75) is 0 Å². The molecule has 1 aromatic carbocycles. The Morgan fingerprint density at radius 3 is 0.963 bits per heavy atom. The van der Waals surface area contributed by atoms with Crippen molar-refractivity contribution in [1.29, 1.82) is 0 Å². The third kappa shape index (κ3) is 3.62. The van der Waals surface area contributed by atoms with Crippen LogP contribution in [0.15, 0.2) is 72.9 Å². The SMILES string of the molecule is [N-]=C1C=CC(c2cc(C3=C[CH+]C(=[N-])C=C3)cc(C3=C[CH+]C(=[N-])C=C3)c2)=C[CH+]1. The number of allylic oxidation sites excluding steroid dienone is 12. The smallest absolute Gasteiger partial charge is 0.0838 e. The Kier molecular flexibility index (Phi) is 4.27. The van der Waals surface area contributed by atoms with E-state index in [9.17, 15) is 16.2 Å². The van der Waals surface area contributed by atoms with Crippen LogP contribution >= 0.6 is 0 Å². The Labute approximate surface area is 159 Å². The summed E-state index contributed by atoms with van der Waals surface area (Å²) >= 11 is 0. The second-order valence-electron chi connectivity index (χ2n) is 6.44. The summed E-state index contributed by atoms with van der Waals surface area (Å²) < 4.78 is 0. The molecule has 0 aromatic heterocycles. The van der Waals surface area contributed by atoms with E-state index in [-0.39, 0.29) is 17.1 Å². The molecule has 0 saturated carbocycles. The molecular formula is C24H15N3. The standard InChI is InChI=1S/C24H15N3/c25-22-7-1-16(2-8-22)19-13-20(17-3-9-23(26)10-4-17)15-21(14-19)18-5-11-24(27)12-6-18/h1-15H. The largest absolute Gasteiger partial charge is 0.779 e. The van der Waals surface area contributed by atoms with Crippen LogP contribution in [0.2, 0.25) is 0 Å². The second-order valence-corrected chi connectivity index (χ2v) is 6.44. The van der Waals surface area contributed by atoms with E-state index in [1.165, 1.54) is 0 Å². The van der Waals surface area contributed by atoms with Gasteiger partial charge in [-0.05, 0) is 35.3 Å². The fourth-order valence-corrected chi connectivity index (χ4v) is 3.09. The molecule has 0 aliphatic heterocycles. The summed E-state index contributed by atoms with van der Waals surface area (Å²) in [4.78, 5) is 0. The molecule has 3 aliphatic carbocycles. The fraction of sp³-hybridized carbons (Fsp3) is 0. The van der Waals surface area contributed by atoms with Crippen LogP contribution in [0.1, 0.15) is 16.7 Å². The van der Waals surface area contributed by atoms with Crippen molar-refractivity contribution < 1.29 is 0 Å². The van der Waals surface area contributed by atoms with Gasteiger partial charge in [0.05, 0.1) is 53.2 Å². The molecule has 0 spiro atoms. The van der Waals surface area contributed by atoms with Crippen LogP contribution in [0.3, 0.4) is 0 Å². The van der Waals surface area contributed by atoms with Gasteiger partial charge in [0, 0.05) is 54.2 Å². The first kappa shape index (κ1) is 16.7. The maximum atomic E-state index is 9.57. The molecule has 3 heteroatoms. The predicted octanol–water partition coefficient (Wildman–Crippen LogP) is 5.19. The van der Waals surface area contributed by atoms with Gasteiger partial charge in [-0.1, -0.05) is 0 Å². The van der Waals surface area contributed by atoms with Crippen LogP contribution in [0.5, 0.6) is 0 Å². The summed E-state index contributed by atoms with van der Waals surface area (Å²) in [5.74, 6) is 0. The summed E-state index contributed by atoms with van der Waals surface area (Å²) in [6.45, 7) is 0. The van der Waals surface area contributed by atoms with E-state index < -0.39 is 0 Å². The van der Waals surface area contributed by atoms with Gasteiger partial charge in [0.15, 0.2) is 0 Å². The molecule has 0 N–H and O–H groups in total. The Hall–Kier alpha value is -3.72. The average molecular weight is 345 g/mol. The lowest BCUT2D eigenvalue weighted by Crippen LogP contribution is -2.01. The van der Waals surface area contributed by atoms with Gasteiger partial charge in [0.25, 0.3) is 0 Å². The van der Waals surface area contributed by atoms with Gasteiger partial charge in [-0.15, -0.1) is 0 Å². The zero-order valence-corrected chi connectivity index (χ0v) is 14.5. The van der Waals surface area contributed by atoms with Crippen molar-refractivity contribution in [3.05, 3.63) is 125 Å². The van der Waals surface area contributed by atoms with Gasteiger partial charge in [0.1, 0.15) is 0 Å². The molecule has 0 amide bonds. The van der Waals surface area contributed by atoms with Gasteiger partial charge >= 0.3 is 0 Å². The summed E-state index contributed by atoms with van der Waals surface area (Å²) in [6.07, 6.45) is 21.3. The maximum absolute atomic E-state index is 9.57. The molecular weight excluding hydrogens is 330 g/mol. The van der Waals surface area contributed by atoms with Crippen molar-refractivity contribution in [2.24, 2.45) is 0 Å². The summed E-state index contributed by atoms with van der Waals surface area (Å²) in [5.41, 5.74) is 6.72. The molecule has 0 radical (unpaired) electrons. The zero-order chi connectivity index (χ0) is 18.8. The van der Waals surface area contributed by atoms with Crippen LogP contribution in [0.4, 0.5) is 0 Å². The van der Waals surface area contributed by atoms with E-state index in [1.807, 2.05) is 36.5 Å². The Balaban J connectivity index is 1.80. The molecule has 3 aliphatic rings. The summed E-state index contributed by atoms with van der Waals surface area (Å²) in [5, 5.41) is 28.7. The number of nitrogens with zero attached hydrogens (tertiary/aromatic N) is 3. The van der Waals surface area contributed by atoms with E-state index in [1.54, 1.807) is 37.5 Å². The molecule has 4 rings (SSSR count). The van der Waals surface area contributed by atoms with E-state index in [0.717, 1.165) is 33.4 Å². The van der Waals surface area contributed by atoms with Crippen LogP contribution in [0.25, 0.3) is 32.9 Å². The van der Waals surface area contributed by atoms with Crippen molar-refractivity contribution in [2.75, 3.05) is 0 Å². The van der Waals surface area contributed by atoms with Crippen molar-refractivity contribution in [1.82, 2.24) is 0 Å². The highest BCUT2D eigenvalue weighted by Crippen LogP contribution is 2.31. The lowest BCUT2D eigenvalue weighted by molar-refractivity contribution is 1.50. The molecule has 0 bridgehead atoms. The first-order valence-electron chi connectivity index (χ1n) is 8.62. The second kappa shape index (κ2) is 6.89. The summed E-state index contributed by atoms with van der Waals surface area (Å²) in [7, 11) is 0. The quantitative estimate of drug-likeness (QED) is 0.677. The highest BCUT2D eigenvalue weighted by Gasteiger charge is 2.19. The summed E-state index contributed by atoms with van der Waals surface area (Å²) in [6, 6.07) is 6.26. The number of hydrogen-bond donors (Lipinski definition) is 0. The molecule has 0 atom stereocenters. The van der Waals surface area contributed by atoms with E-state index in [0.29, 0.717) is 0 Å². The minimum Gasteiger partial charge on any atom is -0.779 e. The van der Waals surface area contributed by atoms with E-state index in [4.69, 9.17) is 0 Å². The van der Waals surface area contributed by atoms with Crippen LogP contribution in [0, 0.1) is 19.3 Å². The van der Waals surface area contributed by atoms with E-state index >= 15 is 0 Å². The maximum Gasteiger partial charge on any atom is 0.0838 e. The van der Waals surface area contributed by atoms with Crippen LogP contribution in [-0.2, 0) is 0 Å². The highest BCUT2D eigenvalue weighted by molar-refractivity contribution is 6.12. The van der Waals surface area contributed by atoms with Gasteiger partial charge in [-0.2, -0.15) is 0 Å². The third-order valence-electron chi connectivity index (χ3n) is 4.53. The van der Waals surface area contributed by atoms with E-state index in [2.05, 4.69) is 18.2 Å². The first-order chi connectivity index (χ1) is 13.1. The average Bonchev–Trinajstić information content (AvgIpc) is 2.69. The van der Waals surface area contributed by atoms with Gasteiger partial charge in [0.2, 0.25) is 0 Å². The van der Waals surface area contributed by atoms with Gasteiger partial charge in [-0.25, -0.2) is 0 Å². The number of hydrogen-bond acceptors (Lipinski definition) is 0. The van der Waals surface area contributed by atoms with Crippen molar-refractivity contribution in [3.63, 3.8) is 0 Å². The first-order valence-corrected chi connectivity index (χ1v) is 8.62. The topological polar surface area (TPSA) is 66.9 Å². The predicted molar refractivity (Wildman–Crippen MR) is 116 cm³/mol. The van der Waals surface area contributed by atoms with Gasteiger partial charge in [-0.3, -0.25) is 0 Å². The fourth-order valence-electron chi connectivity index (χ4n) is 3.09. The Morgan fingerprint density at radius 2 is 0.741 bits per heavy atom. The lowest BCUT2D eigenvalue weighted by atomic mass is 9.88. The molecule has 0 unspecified atom stereocenters. The molecule has 0 saturated heterocycles. The molecule has 0 fully saturated rings. The Morgan fingerprint density at radius 1 is 0.444 bits per heavy atom. The minimum absolute atomic E-state index is 0.229. The molecule has 27 heavy (non-hydrogen) atoms.